The molecule has 1 rings (SSSR count). The molecule has 0 atom stereocenters. The van der Waals surface area contributed by atoms with Crippen molar-refractivity contribution in [3.63, 3.8) is 0 Å². The van der Waals surface area contributed by atoms with E-state index < -0.39 is 0 Å². The first kappa shape index (κ1) is 16.3. The molecule has 0 aliphatic heterocycles. The SMILES string of the molecule is CCC(CC)CNC(=O)/C=C/c1ccc(N(C)C)cc1. The van der Waals surface area contributed by atoms with Gasteiger partial charge in [-0.3, -0.25) is 4.79 Å². The molecule has 3 heteroatoms. The van der Waals surface area contributed by atoms with E-state index in [9.17, 15) is 4.79 Å². The van der Waals surface area contributed by atoms with Gasteiger partial charge in [0.05, 0.1) is 0 Å². The molecule has 0 aromatic heterocycles. The van der Waals surface area contributed by atoms with Gasteiger partial charge in [0.15, 0.2) is 0 Å². The van der Waals surface area contributed by atoms with E-state index >= 15 is 0 Å². The second kappa shape index (κ2) is 8.41. The van der Waals surface area contributed by atoms with Crippen molar-refractivity contribution in [2.75, 3.05) is 25.5 Å². The maximum atomic E-state index is 11.7. The number of benzene rings is 1. The van der Waals surface area contributed by atoms with E-state index in [0.29, 0.717) is 5.92 Å². The van der Waals surface area contributed by atoms with Gasteiger partial charge in [-0.15, -0.1) is 0 Å². The van der Waals surface area contributed by atoms with E-state index in [1.807, 2.05) is 44.4 Å². The van der Waals surface area contributed by atoms with Gasteiger partial charge in [-0.05, 0) is 29.7 Å². The molecule has 0 saturated carbocycles. The first-order valence-corrected chi connectivity index (χ1v) is 7.30. The van der Waals surface area contributed by atoms with Crippen LogP contribution in [0.15, 0.2) is 30.3 Å². The van der Waals surface area contributed by atoms with Crippen molar-refractivity contribution in [1.82, 2.24) is 5.32 Å². The van der Waals surface area contributed by atoms with Crippen LogP contribution in [0.3, 0.4) is 0 Å². The number of carbonyl (C=O) groups excluding carboxylic acids is 1. The number of anilines is 1. The van der Waals surface area contributed by atoms with Gasteiger partial charge >= 0.3 is 0 Å². The summed E-state index contributed by atoms with van der Waals surface area (Å²) in [5.74, 6) is 0.556. The lowest BCUT2D eigenvalue weighted by molar-refractivity contribution is -0.116. The van der Waals surface area contributed by atoms with Crippen LogP contribution in [0.2, 0.25) is 0 Å². The Morgan fingerprint density at radius 2 is 1.80 bits per heavy atom. The van der Waals surface area contributed by atoms with E-state index in [1.54, 1.807) is 6.08 Å². The third kappa shape index (κ3) is 5.47. The molecule has 0 heterocycles. The summed E-state index contributed by atoms with van der Waals surface area (Å²) in [6.45, 7) is 5.07. The molecule has 0 radical (unpaired) electrons. The molecule has 0 unspecified atom stereocenters. The van der Waals surface area contributed by atoms with Crippen molar-refractivity contribution in [3.8, 4) is 0 Å². The molecular weight excluding hydrogens is 248 g/mol. The minimum Gasteiger partial charge on any atom is -0.378 e. The summed E-state index contributed by atoms with van der Waals surface area (Å²) < 4.78 is 0. The molecule has 1 N–H and O–H groups in total. The number of nitrogens with one attached hydrogen (secondary N) is 1. The molecule has 0 spiro atoms. The second-order valence-corrected chi connectivity index (χ2v) is 5.25. The van der Waals surface area contributed by atoms with Gasteiger partial charge in [-0.2, -0.15) is 0 Å². The monoisotopic (exact) mass is 274 g/mol. The van der Waals surface area contributed by atoms with Gasteiger partial charge in [0.25, 0.3) is 0 Å². The lowest BCUT2D eigenvalue weighted by Gasteiger charge is -2.12. The molecule has 110 valence electrons. The zero-order valence-electron chi connectivity index (χ0n) is 13.0. The van der Waals surface area contributed by atoms with E-state index in [1.165, 1.54) is 0 Å². The van der Waals surface area contributed by atoms with E-state index in [4.69, 9.17) is 0 Å². The van der Waals surface area contributed by atoms with Gasteiger partial charge in [-0.1, -0.05) is 38.8 Å². The van der Waals surface area contributed by atoms with Crippen LogP contribution in [0, 0.1) is 5.92 Å². The maximum Gasteiger partial charge on any atom is 0.244 e. The fourth-order valence-corrected chi connectivity index (χ4v) is 1.94. The second-order valence-electron chi connectivity index (χ2n) is 5.25. The van der Waals surface area contributed by atoms with Crippen molar-refractivity contribution >= 4 is 17.7 Å². The number of carbonyl (C=O) groups is 1. The molecule has 1 aromatic rings. The number of rotatable bonds is 7. The first-order valence-electron chi connectivity index (χ1n) is 7.30. The van der Waals surface area contributed by atoms with Crippen molar-refractivity contribution in [2.24, 2.45) is 5.92 Å². The summed E-state index contributed by atoms with van der Waals surface area (Å²) in [5.41, 5.74) is 2.19. The fourth-order valence-electron chi connectivity index (χ4n) is 1.94. The quantitative estimate of drug-likeness (QED) is 0.774. The van der Waals surface area contributed by atoms with Gasteiger partial charge in [0, 0.05) is 32.4 Å². The standard InChI is InChI=1S/C17H26N2O/c1-5-14(6-2)13-18-17(20)12-9-15-7-10-16(11-8-15)19(3)4/h7-12,14H,5-6,13H2,1-4H3,(H,18,20)/b12-9+. The van der Waals surface area contributed by atoms with Crippen LogP contribution in [0.1, 0.15) is 32.3 Å². The van der Waals surface area contributed by atoms with Gasteiger partial charge in [-0.25, -0.2) is 0 Å². The number of hydrogen-bond acceptors (Lipinski definition) is 2. The van der Waals surface area contributed by atoms with Crippen LogP contribution in [-0.4, -0.2) is 26.5 Å². The number of nitrogens with zero attached hydrogens (tertiary/aromatic N) is 1. The molecule has 3 nitrogen and oxygen atoms in total. The summed E-state index contributed by atoms with van der Waals surface area (Å²) in [6.07, 6.45) is 5.66. The molecule has 20 heavy (non-hydrogen) atoms. The average molecular weight is 274 g/mol. The van der Waals surface area contributed by atoms with Gasteiger partial charge < -0.3 is 10.2 Å². The largest absolute Gasteiger partial charge is 0.378 e. The molecule has 0 bridgehead atoms. The van der Waals surface area contributed by atoms with Crippen LogP contribution >= 0.6 is 0 Å². The Bertz CT molecular complexity index is 431. The van der Waals surface area contributed by atoms with E-state index in [-0.39, 0.29) is 5.91 Å². The van der Waals surface area contributed by atoms with Crippen molar-refractivity contribution < 1.29 is 4.79 Å². The summed E-state index contributed by atoms with van der Waals surface area (Å²) >= 11 is 0. The lowest BCUT2D eigenvalue weighted by atomic mass is 10.0. The zero-order chi connectivity index (χ0) is 15.0. The highest BCUT2D eigenvalue weighted by molar-refractivity contribution is 5.91. The molecule has 0 fully saturated rings. The minimum atomic E-state index is -0.0198. The van der Waals surface area contributed by atoms with Crippen LogP contribution in [0.5, 0.6) is 0 Å². The normalized spacial score (nSPS) is 11.1. The molecule has 0 aliphatic rings. The third-order valence-corrected chi connectivity index (χ3v) is 3.56. The average Bonchev–Trinajstić information content (AvgIpc) is 2.46. The van der Waals surface area contributed by atoms with Crippen LogP contribution in [0.25, 0.3) is 6.08 Å². The Morgan fingerprint density at radius 1 is 1.20 bits per heavy atom. The summed E-state index contributed by atoms with van der Waals surface area (Å²) in [7, 11) is 4.02. The molecule has 1 amide bonds. The summed E-state index contributed by atoms with van der Waals surface area (Å²) in [6, 6.07) is 8.11. The van der Waals surface area contributed by atoms with Crippen LogP contribution < -0.4 is 10.2 Å². The van der Waals surface area contributed by atoms with Crippen molar-refractivity contribution in [2.45, 2.75) is 26.7 Å². The smallest absolute Gasteiger partial charge is 0.244 e. The first-order chi connectivity index (χ1) is 9.56. The summed E-state index contributed by atoms with van der Waals surface area (Å²) in [5, 5.41) is 2.95. The topological polar surface area (TPSA) is 32.3 Å². The number of amides is 1. The summed E-state index contributed by atoms with van der Waals surface area (Å²) in [4.78, 5) is 13.8. The Morgan fingerprint density at radius 3 is 2.30 bits per heavy atom. The Labute approximate surface area is 122 Å². The molecule has 0 saturated heterocycles. The number of hydrogen-bond donors (Lipinski definition) is 1. The highest BCUT2D eigenvalue weighted by atomic mass is 16.1. The van der Waals surface area contributed by atoms with Crippen molar-refractivity contribution in [3.05, 3.63) is 35.9 Å². The van der Waals surface area contributed by atoms with E-state index in [2.05, 4.69) is 24.1 Å². The third-order valence-electron chi connectivity index (χ3n) is 3.56. The molecule has 1 aromatic carbocycles. The molecule has 0 aliphatic carbocycles. The van der Waals surface area contributed by atoms with E-state index in [0.717, 1.165) is 30.6 Å². The highest BCUT2D eigenvalue weighted by Crippen LogP contribution is 2.13. The van der Waals surface area contributed by atoms with Crippen LogP contribution in [-0.2, 0) is 4.79 Å². The van der Waals surface area contributed by atoms with Gasteiger partial charge in [0.2, 0.25) is 5.91 Å². The Balaban J connectivity index is 2.48. The Hall–Kier alpha value is -1.77. The fraction of sp³-hybridized carbons (Fsp3) is 0.471. The molecular formula is C17H26N2O. The lowest BCUT2D eigenvalue weighted by Crippen LogP contribution is -2.27. The van der Waals surface area contributed by atoms with Crippen molar-refractivity contribution in [1.29, 1.82) is 0 Å². The predicted octanol–water partition coefficient (Wildman–Crippen LogP) is 3.32. The maximum absolute atomic E-state index is 11.7. The predicted molar refractivity (Wildman–Crippen MR) is 86.9 cm³/mol. The minimum absolute atomic E-state index is 0.0198. The van der Waals surface area contributed by atoms with Crippen LogP contribution in [0.4, 0.5) is 5.69 Å². The Kier molecular flexibility index (Phi) is 6.85. The highest BCUT2D eigenvalue weighted by Gasteiger charge is 2.04. The zero-order valence-corrected chi connectivity index (χ0v) is 13.0. The van der Waals surface area contributed by atoms with Gasteiger partial charge in [0.1, 0.15) is 0 Å².